The number of carbonyl (C=O) groups is 2. The summed E-state index contributed by atoms with van der Waals surface area (Å²) in [6.45, 7) is 0. The van der Waals surface area contributed by atoms with E-state index in [4.69, 9.17) is 9.52 Å². The maximum absolute atomic E-state index is 12.0. The number of carbonyl (C=O) groups excluding carboxylic acids is 1. The predicted octanol–water partition coefficient (Wildman–Crippen LogP) is 2.27. The number of rotatable bonds is 6. The zero-order chi connectivity index (χ0) is 13.9. The molecule has 5 nitrogen and oxygen atoms in total. The van der Waals surface area contributed by atoms with Crippen LogP contribution in [0, 0.1) is 0 Å². The van der Waals surface area contributed by atoms with E-state index in [1.807, 2.05) is 6.26 Å². The van der Waals surface area contributed by atoms with Gasteiger partial charge in [-0.25, -0.2) is 0 Å². The summed E-state index contributed by atoms with van der Waals surface area (Å²) < 4.78 is 5.42. The second-order valence-corrected chi connectivity index (χ2v) is 5.72. The highest BCUT2D eigenvalue weighted by molar-refractivity contribution is 7.97. The van der Waals surface area contributed by atoms with Crippen molar-refractivity contribution in [3.63, 3.8) is 0 Å². The van der Waals surface area contributed by atoms with Gasteiger partial charge in [0.25, 0.3) is 5.91 Å². The molecular formula is C13H17NO4S. The van der Waals surface area contributed by atoms with E-state index in [1.54, 1.807) is 23.9 Å². The first kappa shape index (κ1) is 14.0. The molecule has 19 heavy (non-hydrogen) atoms. The molecule has 0 spiro atoms. The second kappa shape index (κ2) is 5.69. The molecule has 6 heteroatoms. The molecule has 0 aliphatic heterocycles. The van der Waals surface area contributed by atoms with Crippen LogP contribution in [0.2, 0.25) is 0 Å². The van der Waals surface area contributed by atoms with E-state index in [0.717, 1.165) is 12.2 Å². The third-order valence-electron chi connectivity index (χ3n) is 3.35. The lowest BCUT2D eigenvalue weighted by molar-refractivity contribution is -0.139. The van der Waals surface area contributed by atoms with Crippen molar-refractivity contribution in [1.29, 1.82) is 0 Å². The van der Waals surface area contributed by atoms with Crippen LogP contribution in [0.4, 0.5) is 0 Å². The molecule has 1 fully saturated rings. The van der Waals surface area contributed by atoms with E-state index in [1.165, 1.54) is 0 Å². The van der Waals surface area contributed by atoms with Gasteiger partial charge in [-0.1, -0.05) is 0 Å². The average molecular weight is 283 g/mol. The van der Waals surface area contributed by atoms with Gasteiger partial charge in [-0.15, -0.1) is 0 Å². The van der Waals surface area contributed by atoms with Crippen molar-refractivity contribution in [1.82, 2.24) is 5.32 Å². The Balaban J connectivity index is 2.00. The number of hydrogen-bond acceptors (Lipinski definition) is 4. The van der Waals surface area contributed by atoms with Gasteiger partial charge in [0.2, 0.25) is 0 Å². The molecule has 1 aromatic rings. The summed E-state index contributed by atoms with van der Waals surface area (Å²) in [5.74, 6) is 0.503. The quantitative estimate of drug-likeness (QED) is 0.837. The number of furan rings is 1. The molecule has 1 aromatic heterocycles. The number of nitrogens with one attached hydrogen (secondary N) is 1. The molecule has 0 atom stereocenters. The minimum atomic E-state index is -0.887. The van der Waals surface area contributed by atoms with Crippen LogP contribution in [-0.4, -0.2) is 28.8 Å². The van der Waals surface area contributed by atoms with Crippen LogP contribution in [0.1, 0.15) is 42.0 Å². The molecular weight excluding hydrogens is 266 g/mol. The molecule has 0 radical (unpaired) electrons. The maximum atomic E-state index is 12.0. The summed E-state index contributed by atoms with van der Waals surface area (Å²) in [5, 5.41) is 11.7. The van der Waals surface area contributed by atoms with Gasteiger partial charge in [-0.05, 0) is 37.7 Å². The second-order valence-electron chi connectivity index (χ2n) is 4.86. The Morgan fingerprint density at radius 2 is 2.21 bits per heavy atom. The first-order valence-electron chi connectivity index (χ1n) is 6.17. The molecule has 0 aromatic carbocycles. The number of aliphatic carboxylic acids is 1. The summed E-state index contributed by atoms with van der Waals surface area (Å²) in [6, 6.07) is 3.41. The highest BCUT2D eigenvalue weighted by Crippen LogP contribution is 2.35. The van der Waals surface area contributed by atoms with Crippen molar-refractivity contribution >= 4 is 23.6 Å². The fraction of sp³-hybridized carbons (Fsp3) is 0.538. The van der Waals surface area contributed by atoms with Gasteiger partial charge < -0.3 is 14.8 Å². The lowest BCUT2D eigenvalue weighted by Gasteiger charge is -2.41. The lowest BCUT2D eigenvalue weighted by atomic mass is 9.74. The van der Waals surface area contributed by atoms with Gasteiger partial charge in [-0.2, -0.15) is 11.8 Å². The normalized spacial score (nSPS) is 16.7. The van der Waals surface area contributed by atoms with Crippen molar-refractivity contribution in [3.05, 3.63) is 23.7 Å². The van der Waals surface area contributed by atoms with Gasteiger partial charge in [0.05, 0.1) is 17.7 Å². The Labute approximate surface area is 115 Å². The first-order chi connectivity index (χ1) is 9.04. The lowest BCUT2D eigenvalue weighted by Crippen LogP contribution is -2.54. The number of amides is 1. The van der Waals surface area contributed by atoms with E-state index in [9.17, 15) is 9.59 Å². The van der Waals surface area contributed by atoms with E-state index in [0.29, 0.717) is 18.6 Å². The minimum absolute atomic E-state index is 0.0306. The first-order valence-corrected chi connectivity index (χ1v) is 7.56. The standard InChI is InChI=1S/C13H17NO4S/c1-19-8-9-3-4-10(18-9)12(17)14-13(5-2-6-13)7-11(15)16/h3-4H,2,5-8H2,1H3,(H,14,17)(H,15,16). The Morgan fingerprint density at radius 3 is 2.74 bits per heavy atom. The number of thioether (sulfide) groups is 1. The zero-order valence-electron chi connectivity index (χ0n) is 10.8. The van der Waals surface area contributed by atoms with Gasteiger partial charge in [0.15, 0.2) is 5.76 Å². The summed E-state index contributed by atoms with van der Waals surface area (Å²) in [6.07, 6.45) is 4.30. The fourth-order valence-electron chi connectivity index (χ4n) is 2.26. The highest BCUT2D eigenvalue weighted by atomic mass is 32.2. The third-order valence-corrected chi connectivity index (χ3v) is 3.92. The van der Waals surface area contributed by atoms with Gasteiger partial charge >= 0.3 is 5.97 Å². The van der Waals surface area contributed by atoms with Crippen molar-refractivity contribution in [2.24, 2.45) is 0 Å². The van der Waals surface area contributed by atoms with Gasteiger partial charge in [0.1, 0.15) is 5.76 Å². The Hall–Kier alpha value is -1.43. The number of hydrogen-bond donors (Lipinski definition) is 2. The Morgan fingerprint density at radius 1 is 1.47 bits per heavy atom. The zero-order valence-corrected chi connectivity index (χ0v) is 11.6. The Bertz CT molecular complexity index is 479. The van der Waals surface area contributed by atoms with Crippen LogP contribution in [-0.2, 0) is 10.5 Å². The summed E-state index contributed by atoms with van der Waals surface area (Å²) >= 11 is 1.61. The van der Waals surface area contributed by atoms with Gasteiger partial charge in [-0.3, -0.25) is 9.59 Å². The predicted molar refractivity (Wildman–Crippen MR) is 72.2 cm³/mol. The molecule has 0 saturated heterocycles. The van der Waals surface area contributed by atoms with E-state index < -0.39 is 11.5 Å². The van der Waals surface area contributed by atoms with Crippen LogP contribution >= 0.6 is 11.8 Å². The average Bonchev–Trinajstić information content (AvgIpc) is 2.74. The molecule has 0 unspecified atom stereocenters. The third kappa shape index (κ3) is 3.32. The monoisotopic (exact) mass is 283 g/mol. The highest BCUT2D eigenvalue weighted by Gasteiger charge is 2.40. The number of carboxylic acids is 1. The van der Waals surface area contributed by atoms with E-state index >= 15 is 0 Å². The van der Waals surface area contributed by atoms with Crippen LogP contribution in [0.25, 0.3) is 0 Å². The van der Waals surface area contributed by atoms with Crippen LogP contribution in [0.5, 0.6) is 0 Å². The van der Waals surface area contributed by atoms with Crippen LogP contribution in [0.3, 0.4) is 0 Å². The SMILES string of the molecule is CSCc1ccc(C(=O)NC2(CC(=O)O)CCC2)o1. The van der Waals surface area contributed by atoms with Gasteiger partial charge in [0, 0.05) is 0 Å². The molecule has 104 valence electrons. The van der Waals surface area contributed by atoms with Crippen molar-refractivity contribution in [2.45, 2.75) is 37.0 Å². The summed E-state index contributed by atoms with van der Waals surface area (Å²) in [4.78, 5) is 22.9. The summed E-state index contributed by atoms with van der Waals surface area (Å²) in [7, 11) is 0. The maximum Gasteiger partial charge on any atom is 0.305 e. The smallest absolute Gasteiger partial charge is 0.305 e. The number of carboxylic acid groups (broad SMARTS) is 1. The molecule has 0 bridgehead atoms. The van der Waals surface area contributed by atoms with Crippen molar-refractivity contribution in [2.75, 3.05) is 6.26 Å². The molecule has 2 rings (SSSR count). The molecule has 1 amide bonds. The Kier molecular flexibility index (Phi) is 4.19. The van der Waals surface area contributed by atoms with E-state index in [2.05, 4.69) is 5.32 Å². The minimum Gasteiger partial charge on any atom is -0.481 e. The van der Waals surface area contributed by atoms with Crippen molar-refractivity contribution < 1.29 is 19.1 Å². The molecule has 1 saturated carbocycles. The van der Waals surface area contributed by atoms with Crippen LogP contribution < -0.4 is 5.32 Å². The van der Waals surface area contributed by atoms with Crippen molar-refractivity contribution in [3.8, 4) is 0 Å². The molecule has 2 N–H and O–H groups in total. The van der Waals surface area contributed by atoms with Crippen LogP contribution in [0.15, 0.2) is 16.5 Å². The largest absolute Gasteiger partial charge is 0.481 e. The molecule has 1 aliphatic carbocycles. The molecule has 1 heterocycles. The van der Waals surface area contributed by atoms with E-state index in [-0.39, 0.29) is 18.1 Å². The molecule has 1 aliphatic rings. The topological polar surface area (TPSA) is 79.5 Å². The summed E-state index contributed by atoms with van der Waals surface area (Å²) in [5.41, 5.74) is -0.588. The fourth-order valence-corrected chi connectivity index (χ4v) is 2.70.